The minimum absolute atomic E-state index is 0.108. The largest absolute Gasteiger partial charge is 0.480 e. The SMILES string of the molecule is CC(C)C(C(=O)O)N1CCOC1=O. The quantitative estimate of drug-likeness (QED) is 0.700. The van der Waals surface area contributed by atoms with E-state index in [0.717, 1.165) is 0 Å². The van der Waals surface area contributed by atoms with Crippen molar-refractivity contribution in [2.24, 2.45) is 5.92 Å². The summed E-state index contributed by atoms with van der Waals surface area (Å²) in [4.78, 5) is 23.1. The number of aliphatic carboxylic acids is 1. The lowest BCUT2D eigenvalue weighted by Gasteiger charge is -2.24. The third-order valence-electron chi connectivity index (χ3n) is 2.01. The minimum Gasteiger partial charge on any atom is -0.480 e. The number of cyclic esters (lactones) is 1. The molecule has 5 nitrogen and oxygen atoms in total. The molecule has 0 bridgehead atoms. The molecule has 0 aromatic rings. The molecule has 1 atom stereocenters. The van der Waals surface area contributed by atoms with Gasteiger partial charge in [-0.2, -0.15) is 0 Å². The number of amides is 1. The molecule has 0 spiro atoms. The second-order valence-corrected chi connectivity index (χ2v) is 3.33. The Hall–Kier alpha value is -1.26. The second kappa shape index (κ2) is 3.64. The third-order valence-corrected chi connectivity index (χ3v) is 2.01. The summed E-state index contributed by atoms with van der Waals surface area (Å²) in [5, 5.41) is 8.87. The predicted molar refractivity (Wildman–Crippen MR) is 44.3 cm³/mol. The molecular formula is C8H13NO4. The minimum atomic E-state index is -0.978. The van der Waals surface area contributed by atoms with Crippen LogP contribution < -0.4 is 0 Å². The van der Waals surface area contributed by atoms with Gasteiger partial charge in [-0.15, -0.1) is 0 Å². The van der Waals surface area contributed by atoms with Gasteiger partial charge in [0.05, 0.1) is 6.54 Å². The molecule has 1 saturated heterocycles. The molecule has 1 rings (SSSR count). The maximum Gasteiger partial charge on any atom is 0.410 e. The van der Waals surface area contributed by atoms with E-state index in [4.69, 9.17) is 5.11 Å². The summed E-state index contributed by atoms with van der Waals surface area (Å²) in [6.07, 6.45) is -0.527. The lowest BCUT2D eigenvalue weighted by Crippen LogP contribution is -2.45. The first-order valence-electron chi connectivity index (χ1n) is 4.20. The van der Waals surface area contributed by atoms with Crippen LogP contribution in [0.1, 0.15) is 13.8 Å². The zero-order chi connectivity index (χ0) is 10.0. The van der Waals surface area contributed by atoms with Crippen molar-refractivity contribution in [3.05, 3.63) is 0 Å². The first kappa shape index (κ1) is 9.83. The van der Waals surface area contributed by atoms with E-state index >= 15 is 0 Å². The summed E-state index contributed by atoms with van der Waals surface area (Å²) >= 11 is 0. The Kier molecular flexibility index (Phi) is 2.75. The van der Waals surface area contributed by atoms with Gasteiger partial charge in [0.25, 0.3) is 0 Å². The molecule has 1 aliphatic rings. The van der Waals surface area contributed by atoms with Gasteiger partial charge in [-0.25, -0.2) is 9.59 Å². The molecule has 0 aromatic carbocycles. The van der Waals surface area contributed by atoms with Gasteiger partial charge in [0.15, 0.2) is 0 Å². The van der Waals surface area contributed by atoms with Crippen molar-refractivity contribution in [3.8, 4) is 0 Å². The zero-order valence-electron chi connectivity index (χ0n) is 7.69. The van der Waals surface area contributed by atoms with E-state index in [2.05, 4.69) is 4.74 Å². The van der Waals surface area contributed by atoms with Crippen LogP contribution in [0.4, 0.5) is 4.79 Å². The van der Waals surface area contributed by atoms with E-state index in [1.807, 2.05) is 0 Å². The zero-order valence-corrected chi connectivity index (χ0v) is 7.69. The topological polar surface area (TPSA) is 66.8 Å². The first-order valence-corrected chi connectivity index (χ1v) is 4.20. The van der Waals surface area contributed by atoms with Gasteiger partial charge in [-0.1, -0.05) is 13.8 Å². The van der Waals surface area contributed by atoms with Crippen LogP contribution in [0.5, 0.6) is 0 Å². The highest BCUT2D eigenvalue weighted by atomic mass is 16.6. The Bertz CT molecular complexity index is 226. The number of ether oxygens (including phenoxy) is 1. The fourth-order valence-electron chi connectivity index (χ4n) is 1.44. The van der Waals surface area contributed by atoms with Crippen molar-refractivity contribution in [3.63, 3.8) is 0 Å². The molecule has 5 heteroatoms. The molecule has 0 aliphatic carbocycles. The number of carbonyl (C=O) groups excluding carboxylic acids is 1. The standard InChI is InChI=1S/C8H13NO4/c1-5(2)6(7(10)11)9-3-4-13-8(9)12/h5-6H,3-4H2,1-2H3,(H,10,11). The Labute approximate surface area is 76.3 Å². The molecule has 1 amide bonds. The molecule has 13 heavy (non-hydrogen) atoms. The monoisotopic (exact) mass is 187 g/mol. The van der Waals surface area contributed by atoms with E-state index < -0.39 is 18.1 Å². The summed E-state index contributed by atoms with van der Waals surface area (Å²) in [7, 11) is 0. The van der Waals surface area contributed by atoms with Crippen molar-refractivity contribution in [2.45, 2.75) is 19.9 Å². The van der Waals surface area contributed by atoms with E-state index in [-0.39, 0.29) is 12.5 Å². The molecule has 0 aromatic heterocycles. The average Bonchev–Trinajstić information content (AvgIpc) is 2.35. The number of hydrogen-bond acceptors (Lipinski definition) is 3. The normalized spacial score (nSPS) is 19.0. The average molecular weight is 187 g/mol. The summed E-state index contributed by atoms with van der Waals surface area (Å²) in [5.74, 6) is -1.09. The maximum absolute atomic E-state index is 11.1. The second-order valence-electron chi connectivity index (χ2n) is 3.33. The molecular weight excluding hydrogens is 174 g/mol. The van der Waals surface area contributed by atoms with E-state index in [9.17, 15) is 9.59 Å². The fourth-order valence-corrected chi connectivity index (χ4v) is 1.44. The summed E-state index contributed by atoms with van der Waals surface area (Å²) in [5.41, 5.74) is 0. The highest BCUT2D eigenvalue weighted by molar-refractivity contribution is 5.81. The molecule has 1 N–H and O–H groups in total. The molecule has 1 fully saturated rings. The molecule has 0 saturated carbocycles. The Balaban J connectivity index is 2.75. The van der Waals surface area contributed by atoms with Crippen molar-refractivity contribution in [1.29, 1.82) is 0 Å². The number of carboxylic acids is 1. The van der Waals surface area contributed by atoms with Gasteiger partial charge in [-0.3, -0.25) is 4.90 Å². The van der Waals surface area contributed by atoms with Gasteiger partial charge < -0.3 is 9.84 Å². The Morgan fingerprint density at radius 3 is 2.54 bits per heavy atom. The highest BCUT2D eigenvalue weighted by Gasteiger charge is 2.36. The Morgan fingerprint density at radius 1 is 1.62 bits per heavy atom. The van der Waals surface area contributed by atoms with Gasteiger partial charge in [0, 0.05) is 0 Å². The summed E-state index contributed by atoms with van der Waals surface area (Å²) in [6.45, 7) is 4.19. The number of hydrogen-bond donors (Lipinski definition) is 1. The van der Waals surface area contributed by atoms with E-state index in [1.54, 1.807) is 13.8 Å². The summed E-state index contributed by atoms with van der Waals surface area (Å²) in [6, 6.07) is -0.769. The molecule has 1 heterocycles. The van der Waals surface area contributed by atoms with Crippen LogP contribution in [0, 0.1) is 5.92 Å². The predicted octanol–water partition coefficient (Wildman–Crippen LogP) is 0.548. The summed E-state index contributed by atoms with van der Waals surface area (Å²) < 4.78 is 4.67. The van der Waals surface area contributed by atoms with Crippen molar-refractivity contribution in [1.82, 2.24) is 4.90 Å². The van der Waals surface area contributed by atoms with Crippen LogP contribution in [0.3, 0.4) is 0 Å². The fraction of sp³-hybridized carbons (Fsp3) is 0.750. The van der Waals surface area contributed by atoms with Crippen LogP contribution in [0.15, 0.2) is 0 Å². The van der Waals surface area contributed by atoms with Gasteiger partial charge in [-0.05, 0) is 5.92 Å². The van der Waals surface area contributed by atoms with Gasteiger partial charge >= 0.3 is 12.1 Å². The van der Waals surface area contributed by atoms with Crippen LogP contribution >= 0.6 is 0 Å². The van der Waals surface area contributed by atoms with Crippen LogP contribution in [0.25, 0.3) is 0 Å². The molecule has 0 radical (unpaired) electrons. The smallest absolute Gasteiger partial charge is 0.410 e. The highest BCUT2D eigenvalue weighted by Crippen LogP contribution is 2.15. The van der Waals surface area contributed by atoms with Crippen molar-refractivity contribution in [2.75, 3.05) is 13.2 Å². The van der Waals surface area contributed by atoms with Crippen molar-refractivity contribution >= 4 is 12.1 Å². The van der Waals surface area contributed by atoms with Crippen molar-refractivity contribution < 1.29 is 19.4 Å². The number of nitrogens with zero attached hydrogens (tertiary/aromatic N) is 1. The number of carbonyl (C=O) groups is 2. The van der Waals surface area contributed by atoms with Crippen LogP contribution in [-0.4, -0.2) is 41.3 Å². The van der Waals surface area contributed by atoms with E-state index in [1.165, 1.54) is 4.90 Å². The lowest BCUT2D eigenvalue weighted by molar-refractivity contribution is -0.143. The number of carboxylic acid groups (broad SMARTS) is 1. The first-order chi connectivity index (χ1) is 6.04. The lowest BCUT2D eigenvalue weighted by atomic mass is 10.0. The molecule has 1 unspecified atom stereocenters. The van der Waals surface area contributed by atoms with Gasteiger partial charge in [0.1, 0.15) is 12.6 Å². The molecule has 1 aliphatic heterocycles. The van der Waals surface area contributed by atoms with Gasteiger partial charge in [0.2, 0.25) is 0 Å². The molecule has 74 valence electrons. The number of rotatable bonds is 3. The maximum atomic E-state index is 11.1. The third kappa shape index (κ3) is 1.91. The van der Waals surface area contributed by atoms with Crippen LogP contribution in [-0.2, 0) is 9.53 Å². The Morgan fingerprint density at radius 2 is 2.23 bits per heavy atom. The van der Waals surface area contributed by atoms with E-state index in [0.29, 0.717) is 6.54 Å². The van der Waals surface area contributed by atoms with Crippen LogP contribution in [0.2, 0.25) is 0 Å².